The van der Waals surface area contributed by atoms with Crippen LogP contribution in [0.3, 0.4) is 0 Å². The monoisotopic (exact) mass is 599 g/mol. The van der Waals surface area contributed by atoms with Gasteiger partial charge >= 0.3 is 0 Å². The van der Waals surface area contributed by atoms with Gasteiger partial charge in [-0.25, -0.2) is 0 Å². The predicted octanol–water partition coefficient (Wildman–Crippen LogP) is -0.699. The van der Waals surface area contributed by atoms with Gasteiger partial charge in [0.05, 0.1) is 37.1 Å². The molecule has 1 aliphatic heterocycles. The van der Waals surface area contributed by atoms with Gasteiger partial charge in [-0.05, 0) is 44.5 Å². The first kappa shape index (κ1) is 30.5. The molecule has 4 aliphatic rings. The maximum Gasteiger partial charge on any atom is 0.255 e. The number of aromatic hydroxyl groups is 1. The third-order valence-corrected chi connectivity index (χ3v) is 8.92. The van der Waals surface area contributed by atoms with E-state index in [9.17, 15) is 39.6 Å². The number of fused-ring (bicyclic) bond motifs is 3. The van der Waals surface area contributed by atoms with E-state index in [1.165, 1.54) is 4.90 Å². The molecule has 232 valence electrons. The molecule has 1 aromatic rings. The van der Waals surface area contributed by atoms with Crippen LogP contribution in [0.5, 0.6) is 5.75 Å². The second-order valence-corrected chi connectivity index (χ2v) is 11.9. The highest BCUT2D eigenvalue weighted by Crippen LogP contribution is 2.54. The molecule has 0 bridgehead atoms. The fourth-order valence-corrected chi connectivity index (χ4v) is 6.94. The van der Waals surface area contributed by atoms with Gasteiger partial charge in [0, 0.05) is 44.4 Å². The molecule has 1 saturated carbocycles. The van der Waals surface area contributed by atoms with Crippen molar-refractivity contribution in [3.63, 3.8) is 0 Å². The number of likely N-dealkylation sites (N-methyl/N-ethyl adjacent to an activating group) is 1. The highest BCUT2D eigenvalue weighted by molar-refractivity contribution is 6.24. The number of carbonyl (C=O) groups excluding carboxylic acids is 4. The van der Waals surface area contributed by atoms with E-state index >= 15 is 0 Å². The number of hydrogen-bond donors (Lipinski definition) is 6. The molecule has 2 fully saturated rings. The summed E-state index contributed by atoms with van der Waals surface area (Å²) in [5, 5.41) is 48.4. The molecule has 5 rings (SSSR count). The van der Waals surface area contributed by atoms with Crippen LogP contribution in [-0.2, 0) is 30.3 Å². The SMILES string of the molecule is CN(C)c1cc(NC(=O)CN2CCOCC2)c(O)c2c1CC1CC3[C@H](N(C)C)C(=O)C(C(N)=O)=C(O)[C@@]3(O)C(=O)C1=C2O. The predicted molar refractivity (Wildman–Crippen MR) is 154 cm³/mol. The smallest absolute Gasteiger partial charge is 0.255 e. The topological polar surface area (TPSA) is 206 Å². The quantitative estimate of drug-likeness (QED) is 0.177. The molecule has 2 unspecified atom stereocenters. The van der Waals surface area contributed by atoms with Crippen molar-refractivity contribution in [3.05, 3.63) is 34.1 Å². The lowest BCUT2D eigenvalue weighted by Crippen LogP contribution is -2.65. The van der Waals surface area contributed by atoms with Crippen molar-refractivity contribution in [2.24, 2.45) is 17.6 Å². The third-order valence-electron chi connectivity index (χ3n) is 8.92. The van der Waals surface area contributed by atoms with Crippen molar-refractivity contribution in [3.8, 4) is 5.75 Å². The van der Waals surface area contributed by atoms with Crippen molar-refractivity contribution >= 4 is 40.5 Å². The number of nitrogens with zero attached hydrogens (tertiary/aromatic N) is 3. The van der Waals surface area contributed by atoms with Gasteiger partial charge in [0.1, 0.15) is 22.8 Å². The van der Waals surface area contributed by atoms with E-state index < -0.39 is 69.7 Å². The van der Waals surface area contributed by atoms with Crippen LogP contribution in [0.1, 0.15) is 17.5 Å². The van der Waals surface area contributed by atoms with Gasteiger partial charge in [-0.1, -0.05) is 0 Å². The summed E-state index contributed by atoms with van der Waals surface area (Å²) < 4.78 is 5.32. The summed E-state index contributed by atoms with van der Waals surface area (Å²) in [6, 6.07) is 0.425. The van der Waals surface area contributed by atoms with Crippen LogP contribution < -0.4 is 16.0 Å². The Kier molecular flexibility index (Phi) is 7.75. The molecular weight excluding hydrogens is 562 g/mol. The van der Waals surface area contributed by atoms with Gasteiger partial charge in [0.15, 0.2) is 11.4 Å². The molecule has 3 aliphatic carbocycles. The minimum atomic E-state index is -2.73. The summed E-state index contributed by atoms with van der Waals surface area (Å²) in [6.07, 6.45) is 0.120. The first-order chi connectivity index (χ1) is 20.2. The van der Waals surface area contributed by atoms with Crippen LogP contribution in [0.2, 0.25) is 0 Å². The second kappa shape index (κ2) is 10.9. The number of hydrogen-bond acceptors (Lipinski definition) is 12. The van der Waals surface area contributed by atoms with E-state index in [4.69, 9.17) is 10.5 Å². The van der Waals surface area contributed by atoms with E-state index in [1.807, 2.05) is 4.90 Å². The molecule has 0 radical (unpaired) electrons. The summed E-state index contributed by atoms with van der Waals surface area (Å²) >= 11 is 0. The number of primary amides is 1. The van der Waals surface area contributed by atoms with Crippen LogP contribution in [-0.4, -0.2) is 126 Å². The normalized spacial score (nSPS) is 27.5. The number of rotatable bonds is 6. The molecule has 2 amide bonds. The zero-order chi connectivity index (χ0) is 31.5. The van der Waals surface area contributed by atoms with Crippen molar-refractivity contribution < 1.29 is 44.3 Å². The van der Waals surface area contributed by atoms with Crippen LogP contribution in [0.25, 0.3) is 5.76 Å². The number of ether oxygens (including phenoxy) is 1. The van der Waals surface area contributed by atoms with E-state index in [-0.39, 0.29) is 36.2 Å². The molecular formula is C29H37N5O9. The highest BCUT2D eigenvalue weighted by Gasteiger charge is 2.64. The molecule has 7 N–H and O–H groups in total. The van der Waals surface area contributed by atoms with Gasteiger partial charge in [-0.15, -0.1) is 0 Å². The highest BCUT2D eigenvalue weighted by atomic mass is 16.5. The zero-order valence-corrected chi connectivity index (χ0v) is 24.5. The number of ketones is 2. The Balaban J connectivity index is 1.62. The Labute approximate surface area is 248 Å². The average Bonchev–Trinajstić information content (AvgIpc) is 2.92. The number of aliphatic hydroxyl groups is 3. The van der Waals surface area contributed by atoms with Crippen molar-refractivity contribution in [1.29, 1.82) is 0 Å². The molecule has 14 heteroatoms. The maximum atomic E-state index is 14.1. The second-order valence-electron chi connectivity index (χ2n) is 11.9. The van der Waals surface area contributed by atoms with Gasteiger partial charge < -0.3 is 41.1 Å². The number of phenolic OH excluding ortho intramolecular Hbond substituents is 1. The van der Waals surface area contributed by atoms with Crippen molar-refractivity contribution in [2.75, 3.05) is 71.3 Å². The molecule has 1 heterocycles. The Hall–Kier alpha value is -3.98. The van der Waals surface area contributed by atoms with E-state index in [0.717, 1.165) is 0 Å². The van der Waals surface area contributed by atoms with Gasteiger partial charge in [-0.3, -0.25) is 29.0 Å². The Bertz CT molecular complexity index is 1480. The molecule has 43 heavy (non-hydrogen) atoms. The van der Waals surface area contributed by atoms with Crippen LogP contribution in [0, 0.1) is 11.8 Å². The number of carbonyl (C=O) groups is 4. The summed E-state index contributed by atoms with van der Waals surface area (Å²) in [5.74, 6) is -7.71. The minimum absolute atomic E-state index is 0.0147. The number of nitrogens with one attached hydrogen (secondary N) is 1. The summed E-state index contributed by atoms with van der Waals surface area (Å²) in [7, 11) is 6.60. The number of Topliss-reactive ketones (excluding diaryl/α,β-unsaturated/α-hetero) is 2. The number of morpholine rings is 1. The molecule has 0 aromatic heterocycles. The number of anilines is 2. The standard InChI is InChI=1S/C29H37N5O9/c1-32(2)17-11-16(31-18(35)12-34-5-7-43-8-6-34)23(36)20-14(17)9-13-10-15-22(33(3)4)25(38)21(28(30)41)27(40)29(15,42)26(39)19(13)24(20)37/h11,13,15,22,36-37,40,42H,5-10,12H2,1-4H3,(H2,30,41)(H,31,35)/t13?,15?,22-,29-/m0/s1. The first-order valence-corrected chi connectivity index (χ1v) is 14.0. The number of nitrogens with two attached hydrogens (primary N) is 1. The number of benzene rings is 1. The lowest BCUT2D eigenvalue weighted by Gasteiger charge is -2.50. The van der Waals surface area contributed by atoms with Crippen LogP contribution in [0.4, 0.5) is 11.4 Å². The number of amides is 2. The first-order valence-electron chi connectivity index (χ1n) is 14.0. The number of phenols is 1. The average molecular weight is 600 g/mol. The molecule has 14 nitrogen and oxygen atoms in total. The Morgan fingerprint density at radius 3 is 2.37 bits per heavy atom. The number of aliphatic hydroxyl groups excluding tert-OH is 2. The lowest BCUT2D eigenvalue weighted by molar-refractivity contribution is -0.153. The van der Waals surface area contributed by atoms with Gasteiger partial charge in [-0.2, -0.15) is 0 Å². The fourth-order valence-electron chi connectivity index (χ4n) is 6.94. The Morgan fingerprint density at radius 2 is 1.79 bits per heavy atom. The molecule has 4 atom stereocenters. The largest absolute Gasteiger partial charge is 0.508 e. The summed E-state index contributed by atoms with van der Waals surface area (Å²) in [4.78, 5) is 57.5. The van der Waals surface area contributed by atoms with E-state index in [1.54, 1.807) is 39.2 Å². The molecule has 1 aromatic carbocycles. The minimum Gasteiger partial charge on any atom is -0.508 e. The molecule has 0 spiro atoms. The van der Waals surface area contributed by atoms with Crippen molar-refractivity contribution in [2.45, 2.75) is 24.5 Å². The molecule has 1 saturated heterocycles. The third kappa shape index (κ3) is 4.74. The lowest BCUT2D eigenvalue weighted by atomic mass is 9.57. The van der Waals surface area contributed by atoms with Gasteiger partial charge in [0.2, 0.25) is 11.7 Å². The maximum absolute atomic E-state index is 14.1. The summed E-state index contributed by atoms with van der Waals surface area (Å²) in [5.41, 5.74) is 2.51. The van der Waals surface area contributed by atoms with Crippen LogP contribution in [0.15, 0.2) is 23.0 Å². The summed E-state index contributed by atoms with van der Waals surface area (Å²) in [6.45, 7) is 2.21. The fraction of sp³-hybridized carbons (Fsp3) is 0.517. The van der Waals surface area contributed by atoms with E-state index in [0.29, 0.717) is 37.6 Å². The van der Waals surface area contributed by atoms with E-state index in [2.05, 4.69) is 5.32 Å². The zero-order valence-electron chi connectivity index (χ0n) is 24.5. The Morgan fingerprint density at radius 1 is 1.14 bits per heavy atom. The van der Waals surface area contributed by atoms with Gasteiger partial charge in [0.25, 0.3) is 5.91 Å². The van der Waals surface area contributed by atoms with Crippen LogP contribution >= 0.6 is 0 Å². The van der Waals surface area contributed by atoms with Crippen molar-refractivity contribution in [1.82, 2.24) is 9.80 Å².